The van der Waals surface area contributed by atoms with Gasteiger partial charge in [0.25, 0.3) is 5.91 Å². The van der Waals surface area contributed by atoms with Crippen molar-refractivity contribution in [2.75, 3.05) is 13.1 Å². The van der Waals surface area contributed by atoms with Crippen molar-refractivity contribution in [2.24, 2.45) is 0 Å². The van der Waals surface area contributed by atoms with Gasteiger partial charge < -0.3 is 10.6 Å². The summed E-state index contributed by atoms with van der Waals surface area (Å²) >= 11 is 0. The average molecular weight is 225 g/mol. The Morgan fingerprint density at radius 3 is 2.69 bits per heavy atom. The van der Waals surface area contributed by atoms with Crippen molar-refractivity contribution < 1.29 is 19.2 Å². The number of piperazine rings is 1. The summed E-state index contributed by atoms with van der Waals surface area (Å²) in [6, 6.07) is -0.664. The first-order valence-corrected chi connectivity index (χ1v) is 5.02. The zero-order valence-electron chi connectivity index (χ0n) is 8.49. The fraction of sp³-hybridized carbons (Fsp3) is 0.556. The molecule has 0 bridgehead atoms. The van der Waals surface area contributed by atoms with Gasteiger partial charge in [0.1, 0.15) is 6.04 Å². The van der Waals surface area contributed by atoms with Gasteiger partial charge in [-0.15, -0.1) is 0 Å². The highest BCUT2D eigenvalue weighted by molar-refractivity contribution is 6.38. The lowest BCUT2D eigenvalue weighted by Gasteiger charge is -2.26. The Balaban J connectivity index is 2.06. The number of rotatable bonds is 1. The van der Waals surface area contributed by atoms with Crippen LogP contribution in [0.3, 0.4) is 0 Å². The van der Waals surface area contributed by atoms with Crippen molar-refractivity contribution >= 4 is 23.6 Å². The van der Waals surface area contributed by atoms with E-state index in [2.05, 4.69) is 10.6 Å². The molecule has 2 fully saturated rings. The molecular weight excluding hydrogens is 214 g/mol. The van der Waals surface area contributed by atoms with Gasteiger partial charge in [0.2, 0.25) is 5.91 Å². The molecule has 7 heteroatoms. The number of nitrogens with zero attached hydrogens (tertiary/aromatic N) is 1. The largest absolute Gasteiger partial charge is 0.346 e. The molecule has 0 aromatic carbocycles. The molecule has 2 N–H and O–H groups in total. The molecule has 0 aromatic rings. The smallest absolute Gasteiger partial charge is 0.318 e. The summed E-state index contributed by atoms with van der Waals surface area (Å²) in [6.07, 6.45) is 0.660. The SMILES string of the molecule is O=C1CCC(C(=O)N2CCNC(=O)C2=O)N1. The van der Waals surface area contributed by atoms with Crippen LogP contribution in [-0.2, 0) is 19.2 Å². The third kappa shape index (κ3) is 1.75. The number of imide groups is 1. The van der Waals surface area contributed by atoms with E-state index in [4.69, 9.17) is 0 Å². The van der Waals surface area contributed by atoms with Crippen molar-refractivity contribution in [1.82, 2.24) is 15.5 Å². The predicted molar refractivity (Wildman–Crippen MR) is 50.9 cm³/mol. The standard InChI is InChI=1S/C9H11N3O4/c13-6-2-1-5(11-6)8(15)12-4-3-10-7(14)9(12)16/h5H,1-4H2,(H,10,14)(H,11,13). The second kappa shape index (κ2) is 3.92. The third-order valence-corrected chi connectivity index (χ3v) is 2.62. The number of carbonyl (C=O) groups is 4. The maximum atomic E-state index is 11.8. The highest BCUT2D eigenvalue weighted by atomic mass is 16.2. The van der Waals surface area contributed by atoms with E-state index >= 15 is 0 Å². The molecule has 1 atom stereocenters. The summed E-state index contributed by atoms with van der Waals surface area (Å²) in [5, 5.41) is 4.82. The minimum absolute atomic E-state index is 0.162. The van der Waals surface area contributed by atoms with Crippen molar-refractivity contribution in [3.63, 3.8) is 0 Å². The van der Waals surface area contributed by atoms with E-state index in [1.165, 1.54) is 0 Å². The minimum Gasteiger partial charge on any atom is -0.346 e. The molecule has 4 amide bonds. The number of hydrogen-bond donors (Lipinski definition) is 2. The van der Waals surface area contributed by atoms with Crippen molar-refractivity contribution in [3.05, 3.63) is 0 Å². The number of carbonyl (C=O) groups excluding carboxylic acids is 4. The van der Waals surface area contributed by atoms with Gasteiger partial charge in [-0.1, -0.05) is 0 Å². The van der Waals surface area contributed by atoms with E-state index < -0.39 is 23.8 Å². The van der Waals surface area contributed by atoms with Gasteiger partial charge in [-0.05, 0) is 6.42 Å². The second-order valence-corrected chi connectivity index (χ2v) is 3.71. The molecule has 2 aliphatic heterocycles. The summed E-state index contributed by atoms with van der Waals surface area (Å²) in [5.41, 5.74) is 0. The van der Waals surface area contributed by atoms with Crippen LogP contribution in [0.15, 0.2) is 0 Å². The molecule has 7 nitrogen and oxygen atoms in total. The van der Waals surface area contributed by atoms with Crippen LogP contribution in [0.2, 0.25) is 0 Å². The number of hydrogen-bond acceptors (Lipinski definition) is 4. The molecule has 16 heavy (non-hydrogen) atoms. The van der Waals surface area contributed by atoms with Gasteiger partial charge in [-0.2, -0.15) is 0 Å². The molecule has 0 saturated carbocycles. The highest BCUT2D eigenvalue weighted by Gasteiger charge is 2.37. The van der Waals surface area contributed by atoms with Crippen LogP contribution in [0.25, 0.3) is 0 Å². The lowest BCUT2D eigenvalue weighted by Crippen LogP contribution is -2.57. The fourth-order valence-electron chi connectivity index (χ4n) is 1.78. The fourth-order valence-corrected chi connectivity index (χ4v) is 1.78. The molecule has 2 heterocycles. The van der Waals surface area contributed by atoms with E-state index in [9.17, 15) is 19.2 Å². The van der Waals surface area contributed by atoms with Gasteiger partial charge in [0, 0.05) is 19.5 Å². The molecule has 2 aliphatic rings. The molecule has 0 aliphatic carbocycles. The first-order valence-electron chi connectivity index (χ1n) is 5.02. The lowest BCUT2D eigenvalue weighted by molar-refractivity contribution is -0.155. The molecule has 2 rings (SSSR count). The summed E-state index contributed by atoms with van der Waals surface area (Å²) in [6.45, 7) is 0.423. The molecule has 0 radical (unpaired) electrons. The summed E-state index contributed by atoms with van der Waals surface area (Å²) in [5.74, 6) is -2.32. The first kappa shape index (κ1) is 10.6. The van der Waals surface area contributed by atoms with Crippen LogP contribution >= 0.6 is 0 Å². The van der Waals surface area contributed by atoms with Crippen LogP contribution in [0.4, 0.5) is 0 Å². The van der Waals surface area contributed by atoms with Gasteiger partial charge in [-0.3, -0.25) is 24.1 Å². The van der Waals surface area contributed by atoms with Gasteiger partial charge >= 0.3 is 11.8 Å². The summed E-state index contributed by atoms with van der Waals surface area (Å²) in [4.78, 5) is 46.1. The van der Waals surface area contributed by atoms with Gasteiger partial charge in [-0.25, -0.2) is 0 Å². The number of amides is 4. The average Bonchev–Trinajstić information content (AvgIpc) is 2.68. The molecule has 0 spiro atoms. The maximum absolute atomic E-state index is 11.8. The zero-order valence-corrected chi connectivity index (χ0v) is 8.49. The third-order valence-electron chi connectivity index (χ3n) is 2.62. The molecular formula is C9H11N3O4. The van der Waals surface area contributed by atoms with Crippen LogP contribution in [0.5, 0.6) is 0 Å². The normalized spacial score (nSPS) is 25.4. The minimum atomic E-state index is -0.850. The topological polar surface area (TPSA) is 95.6 Å². The predicted octanol–water partition coefficient (Wildman–Crippen LogP) is -2.25. The first-order chi connectivity index (χ1) is 7.59. The monoisotopic (exact) mass is 225 g/mol. The summed E-state index contributed by atoms with van der Waals surface area (Å²) < 4.78 is 0. The van der Waals surface area contributed by atoms with Crippen LogP contribution in [0.1, 0.15) is 12.8 Å². The molecule has 0 aromatic heterocycles. The Bertz CT molecular complexity index is 379. The van der Waals surface area contributed by atoms with E-state index in [-0.39, 0.29) is 25.4 Å². The molecule has 2 saturated heterocycles. The van der Waals surface area contributed by atoms with Gasteiger partial charge in [0.15, 0.2) is 0 Å². The summed E-state index contributed by atoms with van der Waals surface area (Å²) in [7, 11) is 0. The van der Waals surface area contributed by atoms with Crippen LogP contribution in [0, 0.1) is 0 Å². The Morgan fingerprint density at radius 1 is 1.31 bits per heavy atom. The van der Waals surface area contributed by atoms with E-state index in [0.29, 0.717) is 6.42 Å². The maximum Gasteiger partial charge on any atom is 0.318 e. The van der Waals surface area contributed by atoms with Gasteiger partial charge in [0.05, 0.1) is 0 Å². The van der Waals surface area contributed by atoms with Crippen molar-refractivity contribution in [3.8, 4) is 0 Å². The van der Waals surface area contributed by atoms with Crippen molar-refractivity contribution in [2.45, 2.75) is 18.9 Å². The Morgan fingerprint density at radius 2 is 2.06 bits per heavy atom. The Kier molecular flexibility index (Phi) is 2.59. The van der Waals surface area contributed by atoms with E-state index in [1.807, 2.05) is 0 Å². The van der Waals surface area contributed by atoms with Crippen LogP contribution < -0.4 is 10.6 Å². The molecule has 86 valence electrons. The number of nitrogens with one attached hydrogen (secondary N) is 2. The molecule has 1 unspecified atom stereocenters. The highest BCUT2D eigenvalue weighted by Crippen LogP contribution is 2.10. The van der Waals surface area contributed by atoms with E-state index in [0.717, 1.165) is 4.90 Å². The quantitative estimate of drug-likeness (QED) is 0.389. The second-order valence-electron chi connectivity index (χ2n) is 3.71. The zero-order chi connectivity index (χ0) is 11.7. The van der Waals surface area contributed by atoms with Crippen molar-refractivity contribution in [1.29, 1.82) is 0 Å². The Hall–Kier alpha value is -1.92. The Labute approximate surface area is 91.2 Å². The van der Waals surface area contributed by atoms with E-state index in [1.54, 1.807) is 0 Å². The van der Waals surface area contributed by atoms with Crippen LogP contribution in [-0.4, -0.2) is 47.7 Å². The lowest BCUT2D eigenvalue weighted by atomic mass is 10.2.